The molecule has 1 aliphatic rings. The molecule has 106 valence electrons. The highest BCUT2D eigenvalue weighted by atomic mass is 35.5. The molecule has 0 heterocycles. The minimum atomic E-state index is 0.259. The molecule has 19 heavy (non-hydrogen) atoms. The molecule has 0 spiro atoms. The van der Waals surface area contributed by atoms with E-state index in [1.54, 1.807) is 0 Å². The first-order valence-corrected chi connectivity index (χ1v) is 7.69. The molecule has 0 radical (unpaired) electrons. The summed E-state index contributed by atoms with van der Waals surface area (Å²) in [6, 6.07) is 8.25. The van der Waals surface area contributed by atoms with Crippen molar-refractivity contribution in [3.05, 3.63) is 34.9 Å². The third kappa shape index (κ3) is 3.95. The molecule has 2 nitrogen and oxygen atoms in total. The number of hydrogen-bond donors (Lipinski definition) is 2. The number of hydrogen-bond acceptors (Lipinski definition) is 2. The number of halogens is 1. The van der Waals surface area contributed by atoms with Gasteiger partial charge in [-0.3, -0.25) is 0 Å². The van der Waals surface area contributed by atoms with E-state index in [2.05, 4.69) is 18.3 Å². The second-order valence-electron chi connectivity index (χ2n) is 5.64. The van der Waals surface area contributed by atoms with Crippen LogP contribution in [0.25, 0.3) is 0 Å². The SMILES string of the molecule is CC(NCC1CCCCC1CO)c1ccccc1Cl. The predicted octanol–water partition coefficient (Wildman–Crippen LogP) is 3.79. The van der Waals surface area contributed by atoms with Gasteiger partial charge in [-0.1, -0.05) is 42.6 Å². The fourth-order valence-corrected chi connectivity index (χ4v) is 3.36. The van der Waals surface area contributed by atoms with Gasteiger partial charge in [-0.25, -0.2) is 0 Å². The summed E-state index contributed by atoms with van der Waals surface area (Å²) in [7, 11) is 0. The molecule has 2 rings (SSSR count). The summed E-state index contributed by atoms with van der Waals surface area (Å²) >= 11 is 6.22. The van der Waals surface area contributed by atoms with Crippen LogP contribution < -0.4 is 5.32 Å². The van der Waals surface area contributed by atoms with Crippen molar-refractivity contribution in [3.8, 4) is 0 Å². The first-order valence-electron chi connectivity index (χ1n) is 7.31. The molecule has 3 unspecified atom stereocenters. The van der Waals surface area contributed by atoms with Crippen LogP contribution in [0.5, 0.6) is 0 Å². The molecule has 1 aliphatic carbocycles. The van der Waals surface area contributed by atoms with E-state index in [4.69, 9.17) is 11.6 Å². The second-order valence-corrected chi connectivity index (χ2v) is 6.05. The van der Waals surface area contributed by atoms with Gasteiger partial charge in [0.25, 0.3) is 0 Å². The lowest BCUT2D eigenvalue weighted by molar-refractivity contribution is 0.131. The third-order valence-electron chi connectivity index (χ3n) is 4.36. The summed E-state index contributed by atoms with van der Waals surface area (Å²) in [6.45, 7) is 3.45. The van der Waals surface area contributed by atoms with Crippen molar-refractivity contribution >= 4 is 11.6 Å². The lowest BCUT2D eigenvalue weighted by Gasteiger charge is -2.31. The third-order valence-corrected chi connectivity index (χ3v) is 4.70. The van der Waals surface area contributed by atoms with Crippen LogP contribution in [0.3, 0.4) is 0 Å². The molecule has 0 aromatic heterocycles. The monoisotopic (exact) mass is 281 g/mol. The summed E-state index contributed by atoms with van der Waals surface area (Å²) in [5.41, 5.74) is 1.15. The summed E-state index contributed by atoms with van der Waals surface area (Å²) in [6.07, 6.45) is 4.96. The topological polar surface area (TPSA) is 32.3 Å². The van der Waals surface area contributed by atoms with Gasteiger partial charge in [0, 0.05) is 17.7 Å². The Labute approximate surface area is 121 Å². The van der Waals surface area contributed by atoms with E-state index in [0.29, 0.717) is 18.4 Å². The van der Waals surface area contributed by atoms with Gasteiger partial charge >= 0.3 is 0 Å². The number of benzene rings is 1. The average molecular weight is 282 g/mol. The summed E-state index contributed by atoms with van der Waals surface area (Å²) < 4.78 is 0. The molecule has 0 bridgehead atoms. The van der Waals surface area contributed by atoms with Crippen molar-refractivity contribution in [3.63, 3.8) is 0 Å². The molecule has 3 atom stereocenters. The van der Waals surface area contributed by atoms with E-state index >= 15 is 0 Å². The zero-order valence-corrected chi connectivity index (χ0v) is 12.4. The van der Waals surface area contributed by atoms with E-state index in [1.807, 2.05) is 18.2 Å². The maximum absolute atomic E-state index is 9.44. The molecular weight excluding hydrogens is 258 g/mol. The molecule has 1 fully saturated rings. The number of aliphatic hydroxyl groups excluding tert-OH is 1. The lowest BCUT2D eigenvalue weighted by atomic mass is 9.79. The summed E-state index contributed by atoms with van der Waals surface area (Å²) in [5.74, 6) is 1.07. The minimum Gasteiger partial charge on any atom is -0.396 e. The van der Waals surface area contributed by atoms with E-state index in [0.717, 1.165) is 17.1 Å². The molecular formula is C16H24ClNO. The van der Waals surface area contributed by atoms with Gasteiger partial charge < -0.3 is 10.4 Å². The molecule has 0 aliphatic heterocycles. The summed E-state index contributed by atoms with van der Waals surface area (Å²) in [5, 5.41) is 13.8. The van der Waals surface area contributed by atoms with E-state index in [9.17, 15) is 5.11 Å². The van der Waals surface area contributed by atoms with Crippen LogP contribution in [0.2, 0.25) is 5.02 Å². The second kappa shape index (κ2) is 7.28. The highest BCUT2D eigenvalue weighted by molar-refractivity contribution is 6.31. The number of nitrogens with one attached hydrogen (secondary N) is 1. The van der Waals surface area contributed by atoms with Crippen LogP contribution in [-0.4, -0.2) is 18.3 Å². The Kier molecular flexibility index (Phi) is 5.68. The van der Waals surface area contributed by atoms with Gasteiger partial charge in [-0.2, -0.15) is 0 Å². The molecule has 1 saturated carbocycles. The first kappa shape index (κ1) is 14.8. The van der Waals surface area contributed by atoms with Gasteiger partial charge in [0.15, 0.2) is 0 Å². The Balaban J connectivity index is 1.89. The maximum atomic E-state index is 9.44. The van der Waals surface area contributed by atoms with Gasteiger partial charge in [0.1, 0.15) is 0 Å². The van der Waals surface area contributed by atoms with Crippen LogP contribution in [-0.2, 0) is 0 Å². The molecule has 0 amide bonds. The molecule has 0 saturated heterocycles. The lowest BCUT2D eigenvalue weighted by Crippen LogP contribution is -2.33. The van der Waals surface area contributed by atoms with E-state index in [1.165, 1.54) is 25.7 Å². The fraction of sp³-hybridized carbons (Fsp3) is 0.625. The van der Waals surface area contributed by atoms with Gasteiger partial charge in [-0.05, 0) is 49.8 Å². The fourth-order valence-electron chi connectivity index (χ4n) is 3.06. The van der Waals surface area contributed by atoms with E-state index < -0.39 is 0 Å². The minimum absolute atomic E-state index is 0.259. The van der Waals surface area contributed by atoms with Crippen molar-refractivity contribution < 1.29 is 5.11 Å². The quantitative estimate of drug-likeness (QED) is 0.861. The number of rotatable bonds is 5. The Morgan fingerprint density at radius 1 is 1.26 bits per heavy atom. The Hall–Kier alpha value is -0.570. The Morgan fingerprint density at radius 2 is 1.95 bits per heavy atom. The first-order chi connectivity index (χ1) is 9.22. The summed E-state index contributed by atoms with van der Waals surface area (Å²) in [4.78, 5) is 0. The van der Waals surface area contributed by atoms with Gasteiger partial charge in [0.2, 0.25) is 0 Å². The van der Waals surface area contributed by atoms with Crippen LogP contribution >= 0.6 is 11.6 Å². The Morgan fingerprint density at radius 3 is 2.63 bits per heavy atom. The molecule has 3 heteroatoms. The van der Waals surface area contributed by atoms with Crippen molar-refractivity contribution in [2.75, 3.05) is 13.2 Å². The smallest absolute Gasteiger partial charge is 0.0462 e. The highest BCUT2D eigenvalue weighted by Gasteiger charge is 2.24. The van der Waals surface area contributed by atoms with Crippen molar-refractivity contribution in [2.24, 2.45) is 11.8 Å². The molecule has 2 N–H and O–H groups in total. The van der Waals surface area contributed by atoms with Crippen molar-refractivity contribution in [1.82, 2.24) is 5.32 Å². The average Bonchev–Trinajstić information content (AvgIpc) is 2.45. The Bertz CT molecular complexity index is 396. The maximum Gasteiger partial charge on any atom is 0.0462 e. The van der Waals surface area contributed by atoms with Crippen molar-refractivity contribution in [1.29, 1.82) is 0 Å². The predicted molar refractivity (Wildman–Crippen MR) is 80.4 cm³/mol. The van der Waals surface area contributed by atoms with E-state index in [-0.39, 0.29) is 6.04 Å². The van der Waals surface area contributed by atoms with Crippen LogP contribution in [0.1, 0.15) is 44.2 Å². The van der Waals surface area contributed by atoms with Gasteiger partial charge in [0.05, 0.1) is 0 Å². The normalized spacial score (nSPS) is 25.2. The zero-order chi connectivity index (χ0) is 13.7. The standard InChI is InChI=1S/C16H24ClNO/c1-12(15-8-4-5-9-16(15)17)18-10-13-6-2-3-7-14(13)11-19/h4-5,8-9,12-14,18-19H,2-3,6-7,10-11H2,1H3. The van der Waals surface area contributed by atoms with Crippen molar-refractivity contribution in [2.45, 2.75) is 38.6 Å². The number of aliphatic hydroxyl groups is 1. The van der Waals surface area contributed by atoms with Crippen LogP contribution in [0.15, 0.2) is 24.3 Å². The van der Waals surface area contributed by atoms with Gasteiger partial charge in [-0.15, -0.1) is 0 Å². The zero-order valence-electron chi connectivity index (χ0n) is 11.6. The van der Waals surface area contributed by atoms with Crippen LogP contribution in [0, 0.1) is 11.8 Å². The van der Waals surface area contributed by atoms with Crippen LogP contribution in [0.4, 0.5) is 0 Å². The highest BCUT2D eigenvalue weighted by Crippen LogP contribution is 2.30. The molecule has 1 aromatic carbocycles. The molecule has 1 aromatic rings. The largest absolute Gasteiger partial charge is 0.396 e.